The van der Waals surface area contributed by atoms with Gasteiger partial charge in [0.05, 0.1) is 23.6 Å². The number of anilines is 1. The Morgan fingerprint density at radius 1 is 1.15 bits per heavy atom. The van der Waals surface area contributed by atoms with E-state index in [4.69, 9.17) is 10.5 Å². The smallest absolute Gasteiger partial charge is 0.226 e. The minimum absolute atomic E-state index is 0.00319. The SMILES string of the molecule is CC(C)[C@H](C)C(=O)N1CCC[C@H]1c1ncc(-c2ccc(N)c(O[C@H](C)c3ccccc3)c2)[nH]1. The summed E-state index contributed by atoms with van der Waals surface area (Å²) in [5.74, 6) is 2.01. The topological polar surface area (TPSA) is 84.2 Å². The minimum atomic E-state index is -0.123. The number of carbonyl (C=O) groups excluding carboxylic acids is 1. The van der Waals surface area contributed by atoms with Gasteiger partial charge in [-0.05, 0) is 43.4 Å². The molecule has 1 amide bonds. The Morgan fingerprint density at radius 3 is 2.64 bits per heavy atom. The van der Waals surface area contributed by atoms with Crippen LogP contribution in [-0.4, -0.2) is 27.3 Å². The van der Waals surface area contributed by atoms with Crippen molar-refractivity contribution in [3.8, 4) is 17.0 Å². The summed E-state index contributed by atoms with van der Waals surface area (Å²) in [6.45, 7) is 9.01. The largest absolute Gasteiger partial charge is 0.484 e. The lowest BCUT2D eigenvalue weighted by atomic mass is 9.96. The molecule has 33 heavy (non-hydrogen) atoms. The molecule has 0 spiro atoms. The molecule has 1 aliphatic heterocycles. The summed E-state index contributed by atoms with van der Waals surface area (Å²) in [5.41, 5.74) is 9.73. The van der Waals surface area contributed by atoms with Gasteiger partial charge in [0.25, 0.3) is 0 Å². The molecule has 4 rings (SSSR count). The van der Waals surface area contributed by atoms with Gasteiger partial charge in [0.1, 0.15) is 17.7 Å². The van der Waals surface area contributed by atoms with Gasteiger partial charge < -0.3 is 20.4 Å². The van der Waals surface area contributed by atoms with E-state index in [9.17, 15) is 4.79 Å². The molecule has 6 heteroatoms. The van der Waals surface area contributed by atoms with Crippen molar-refractivity contribution in [2.45, 2.75) is 52.7 Å². The molecule has 6 nitrogen and oxygen atoms in total. The number of nitrogen functional groups attached to an aromatic ring is 1. The number of benzene rings is 2. The highest BCUT2D eigenvalue weighted by molar-refractivity contribution is 5.79. The molecule has 0 unspecified atom stereocenters. The van der Waals surface area contributed by atoms with Crippen molar-refractivity contribution in [2.75, 3.05) is 12.3 Å². The number of hydrogen-bond donors (Lipinski definition) is 2. The van der Waals surface area contributed by atoms with Gasteiger partial charge in [0.15, 0.2) is 0 Å². The molecule has 2 aromatic carbocycles. The first-order chi connectivity index (χ1) is 15.8. The van der Waals surface area contributed by atoms with Gasteiger partial charge in [-0.15, -0.1) is 0 Å². The Kier molecular flexibility index (Phi) is 6.72. The first-order valence-corrected chi connectivity index (χ1v) is 11.8. The molecule has 3 aromatic rings. The molecule has 3 N–H and O–H groups in total. The number of nitrogens with two attached hydrogens (primary N) is 1. The molecule has 2 heterocycles. The fourth-order valence-electron chi connectivity index (χ4n) is 4.30. The Balaban J connectivity index is 1.54. The van der Waals surface area contributed by atoms with Gasteiger partial charge in [-0.1, -0.05) is 57.2 Å². The van der Waals surface area contributed by atoms with E-state index in [1.54, 1.807) is 0 Å². The lowest BCUT2D eigenvalue weighted by molar-refractivity contribution is -0.137. The van der Waals surface area contributed by atoms with Gasteiger partial charge in [-0.3, -0.25) is 4.79 Å². The van der Waals surface area contributed by atoms with Crippen LogP contribution in [-0.2, 0) is 4.79 Å². The number of imidazole rings is 1. The maximum absolute atomic E-state index is 13.0. The third-order valence-electron chi connectivity index (χ3n) is 6.73. The maximum atomic E-state index is 13.0. The Bertz CT molecular complexity index is 1090. The molecule has 3 atom stereocenters. The number of ether oxygens (including phenoxy) is 1. The molecule has 0 bridgehead atoms. The van der Waals surface area contributed by atoms with E-state index in [2.05, 4.69) is 23.8 Å². The van der Waals surface area contributed by atoms with Crippen LogP contribution >= 0.6 is 0 Å². The first-order valence-electron chi connectivity index (χ1n) is 11.8. The molecular weight excluding hydrogens is 412 g/mol. The number of likely N-dealkylation sites (tertiary alicyclic amines) is 1. The van der Waals surface area contributed by atoms with Crippen molar-refractivity contribution < 1.29 is 9.53 Å². The van der Waals surface area contributed by atoms with E-state index < -0.39 is 0 Å². The van der Waals surface area contributed by atoms with E-state index in [0.29, 0.717) is 17.4 Å². The Labute approximate surface area is 196 Å². The molecular formula is C27H34N4O2. The van der Waals surface area contributed by atoms with Gasteiger partial charge in [-0.25, -0.2) is 4.98 Å². The number of carbonyl (C=O) groups is 1. The summed E-state index contributed by atoms with van der Waals surface area (Å²) in [7, 11) is 0. The molecule has 1 aromatic heterocycles. The quantitative estimate of drug-likeness (QED) is 0.452. The zero-order valence-corrected chi connectivity index (χ0v) is 19.9. The second kappa shape index (κ2) is 9.69. The van der Waals surface area contributed by atoms with Gasteiger partial charge >= 0.3 is 0 Å². The number of nitrogens with one attached hydrogen (secondary N) is 1. The molecule has 1 aliphatic rings. The molecule has 174 valence electrons. The number of H-pyrrole nitrogens is 1. The Hall–Kier alpha value is -3.28. The third kappa shape index (κ3) is 4.90. The van der Waals surface area contributed by atoms with Crippen molar-refractivity contribution in [1.29, 1.82) is 0 Å². The number of amides is 1. The summed E-state index contributed by atoms with van der Waals surface area (Å²) in [4.78, 5) is 23.1. The van der Waals surface area contributed by atoms with Gasteiger partial charge in [0, 0.05) is 18.0 Å². The average Bonchev–Trinajstić information content (AvgIpc) is 3.49. The monoisotopic (exact) mass is 446 g/mol. The molecule has 0 radical (unpaired) electrons. The second-order valence-corrected chi connectivity index (χ2v) is 9.33. The van der Waals surface area contributed by atoms with Crippen LogP contribution in [0.4, 0.5) is 5.69 Å². The molecule has 1 fully saturated rings. The Morgan fingerprint density at radius 2 is 1.91 bits per heavy atom. The summed E-state index contributed by atoms with van der Waals surface area (Å²) >= 11 is 0. The van der Waals surface area contributed by atoms with Crippen LogP contribution in [0.25, 0.3) is 11.3 Å². The van der Waals surface area contributed by atoms with E-state index in [1.165, 1.54) is 0 Å². The van der Waals surface area contributed by atoms with Crippen molar-refractivity contribution >= 4 is 11.6 Å². The van der Waals surface area contributed by atoms with E-state index in [-0.39, 0.29) is 24.0 Å². The standard InChI is InChI=1S/C27H34N4O2/c1-17(2)18(3)27(32)31-14-8-11-24(31)26-29-16-23(30-26)21-12-13-22(28)25(15-21)33-19(4)20-9-6-5-7-10-20/h5-7,9-10,12-13,15-19,24H,8,11,14,28H2,1-4H3,(H,29,30)/t18-,19+,24-/m0/s1. The first kappa shape index (κ1) is 22.9. The summed E-state index contributed by atoms with van der Waals surface area (Å²) < 4.78 is 6.18. The van der Waals surface area contributed by atoms with Crippen LogP contribution in [0, 0.1) is 11.8 Å². The van der Waals surface area contributed by atoms with E-state index in [1.807, 2.05) is 73.5 Å². The highest BCUT2D eigenvalue weighted by atomic mass is 16.5. The van der Waals surface area contributed by atoms with Crippen LogP contribution in [0.5, 0.6) is 5.75 Å². The zero-order valence-electron chi connectivity index (χ0n) is 19.9. The molecule has 0 saturated carbocycles. The number of aromatic nitrogens is 2. The lowest BCUT2D eigenvalue weighted by Crippen LogP contribution is -2.36. The van der Waals surface area contributed by atoms with Crippen LogP contribution in [0.3, 0.4) is 0 Å². The van der Waals surface area contributed by atoms with Crippen molar-refractivity contribution in [2.24, 2.45) is 11.8 Å². The summed E-state index contributed by atoms with van der Waals surface area (Å²) in [6.07, 6.45) is 3.63. The van der Waals surface area contributed by atoms with E-state index in [0.717, 1.165) is 42.0 Å². The van der Waals surface area contributed by atoms with Crippen LogP contribution in [0.15, 0.2) is 54.7 Å². The fourth-order valence-corrected chi connectivity index (χ4v) is 4.30. The second-order valence-electron chi connectivity index (χ2n) is 9.33. The van der Waals surface area contributed by atoms with Gasteiger partial charge in [0.2, 0.25) is 5.91 Å². The summed E-state index contributed by atoms with van der Waals surface area (Å²) in [6, 6.07) is 15.8. The summed E-state index contributed by atoms with van der Waals surface area (Å²) in [5, 5.41) is 0. The average molecular weight is 447 g/mol. The third-order valence-corrected chi connectivity index (χ3v) is 6.73. The number of rotatable bonds is 7. The van der Waals surface area contributed by atoms with Crippen molar-refractivity contribution in [3.63, 3.8) is 0 Å². The number of nitrogens with zero attached hydrogens (tertiary/aromatic N) is 2. The predicted molar refractivity (Wildman–Crippen MR) is 132 cm³/mol. The van der Waals surface area contributed by atoms with Crippen LogP contribution < -0.4 is 10.5 Å². The molecule has 0 aliphatic carbocycles. The van der Waals surface area contributed by atoms with Crippen LogP contribution in [0.1, 0.15) is 64.1 Å². The lowest BCUT2D eigenvalue weighted by Gasteiger charge is -2.27. The fraction of sp³-hybridized carbons (Fsp3) is 0.407. The highest BCUT2D eigenvalue weighted by Crippen LogP contribution is 2.35. The minimum Gasteiger partial charge on any atom is -0.484 e. The van der Waals surface area contributed by atoms with Crippen LogP contribution in [0.2, 0.25) is 0 Å². The van der Waals surface area contributed by atoms with E-state index >= 15 is 0 Å². The number of aromatic amines is 1. The van der Waals surface area contributed by atoms with Crippen molar-refractivity contribution in [1.82, 2.24) is 14.9 Å². The molecule has 1 saturated heterocycles. The van der Waals surface area contributed by atoms with Crippen molar-refractivity contribution in [3.05, 3.63) is 66.1 Å². The normalized spacial score (nSPS) is 17.8. The maximum Gasteiger partial charge on any atom is 0.226 e. The number of hydrogen-bond acceptors (Lipinski definition) is 4. The van der Waals surface area contributed by atoms with Gasteiger partial charge in [-0.2, -0.15) is 0 Å². The highest BCUT2D eigenvalue weighted by Gasteiger charge is 2.34. The zero-order chi connectivity index (χ0) is 23.5. The predicted octanol–water partition coefficient (Wildman–Crippen LogP) is 5.75.